The molecule has 0 fully saturated rings. The predicted octanol–water partition coefficient (Wildman–Crippen LogP) is 0.751. The molecule has 39 valence electrons. The van der Waals surface area contributed by atoms with Gasteiger partial charge in [-0.2, -0.15) is 5.26 Å². The van der Waals surface area contributed by atoms with E-state index in [0.717, 1.165) is 0 Å². The molecule has 0 bridgehead atoms. The first-order valence-electron chi connectivity index (χ1n) is 2.15. The molecule has 0 rings (SSSR count). The summed E-state index contributed by atoms with van der Waals surface area (Å²) < 4.78 is 4.74. The Hall–Kier alpha value is -0.550. The Balaban J connectivity index is 2.60. The van der Waals surface area contributed by atoms with Crippen molar-refractivity contribution in [1.29, 1.82) is 5.26 Å². The molecule has 0 saturated carbocycles. The fourth-order valence-electron chi connectivity index (χ4n) is 0.220. The van der Waals surface area contributed by atoms with Crippen LogP contribution >= 0.6 is 0 Å². The number of nitriles is 1. The van der Waals surface area contributed by atoms with E-state index in [1.54, 1.807) is 0 Å². The number of rotatable bonds is 3. The highest BCUT2D eigenvalue weighted by molar-refractivity contribution is 4.66. The zero-order valence-corrected chi connectivity index (χ0v) is 4.18. The zero-order valence-electron chi connectivity index (χ0n) is 4.18. The van der Waals surface area contributed by atoms with Gasteiger partial charge < -0.3 is 4.74 Å². The highest BCUT2D eigenvalue weighted by Crippen LogP contribution is 1.76. The Morgan fingerprint density at radius 1 is 1.71 bits per heavy atom. The average molecular weight is 98.1 g/mol. The normalized spacial score (nSPS) is 8.00. The number of ether oxygens (including phenoxy) is 1. The summed E-state index contributed by atoms with van der Waals surface area (Å²) in [6, 6.07) is 1.95. The molecule has 2 heteroatoms. The first-order valence-corrected chi connectivity index (χ1v) is 2.15. The van der Waals surface area contributed by atoms with Crippen LogP contribution in [0.2, 0.25) is 0 Å². The molecule has 0 atom stereocenters. The van der Waals surface area contributed by atoms with E-state index in [1.807, 2.05) is 6.07 Å². The number of nitrogens with zero attached hydrogens (tertiary/aromatic N) is 1. The topological polar surface area (TPSA) is 33.0 Å². The SMILES string of the molecule is [CH2]COCCC#N. The lowest BCUT2D eigenvalue weighted by molar-refractivity contribution is 0.167. The van der Waals surface area contributed by atoms with Crippen LogP contribution in [0.1, 0.15) is 6.42 Å². The van der Waals surface area contributed by atoms with Crippen LogP contribution in [-0.2, 0) is 4.74 Å². The summed E-state index contributed by atoms with van der Waals surface area (Å²) in [7, 11) is 0. The molecule has 0 saturated heterocycles. The fourth-order valence-corrected chi connectivity index (χ4v) is 0.220. The van der Waals surface area contributed by atoms with Crippen LogP contribution in [0, 0.1) is 18.3 Å². The summed E-state index contributed by atoms with van der Waals surface area (Å²) >= 11 is 0. The fraction of sp³-hybridized carbons (Fsp3) is 0.600. The van der Waals surface area contributed by atoms with Crippen molar-refractivity contribution < 1.29 is 4.74 Å². The largest absolute Gasteiger partial charge is 0.380 e. The molecule has 0 aliphatic heterocycles. The molecular formula is C5H8NO. The molecule has 0 aromatic carbocycles. The second-order valence-corrected chi connectivity index (χ2v) is 1.02. The maximum Gasteiger partial charge on any atom is 0.0645 e. The summed E-state index contributed by atoms with van der Waals surface area (Å²) in [5.41, 5.74) is 0. The summed E-state index contributed by atoms with van der Waals surface area (Å²) in [5, 5.41) is 7.94. The van der Waals surface area contributed by atoms with E-state index >= 15 is 0 Å². The molecular weight excluding hydrogens is 90.1 g/mol. The van der Waals surface area contributed by atoms with Crippen LogP contribution in [0.4, 0.5) is 0 Å². The third kappa shape index (κ3) is 5.45. The molecule has 0 heterocycles. The van der Waals surface area contributed by atoms with Gasteiger partial charge in [-0.3, -0.25) is 0 Å². The number of hydrogen-bond donors (Lipinski definition) is 0. The summed E-state index contributed by atoms with van der Waals surface area (Å²) in [5.74, 6) is 0. The third-order valence-corrected chi connectivity index (χ3v) is 0.503. The van der Waals surface area contributed by atoms with Gasteiger partial charge >= 0.3 is 0 Å². The Morgan fingerprint density at radius 2 is 2.43 bits per heavy atom. The van der Waals surface area contributed by atoms with Gasteiger partial charge in [0.1, 0.15) is 0 Å². The van der Waals surface area contributed by atoms with Gasteiger partial charge in [0, 0.05) is 6.61 Å². The second-order valence-electron chi connectivity index (χ2n) is 1.02. The Labute approximate surface area is 43.7 Å². The molecule has 0 aromatic rings. The minimum Gasteiger partial charge on any atom is -0.380 e. The van der Waals surface area contributed by atoms with Gasteiger partial charge in [0.25, 0.3) is 0 Å². The Morgan fingerprint density at radius 3 is 2.86 bits per heavy atom. The Bertz CT molecular complexity index is 65.0. The molecule has 7 heavy (non-hydrogen) atoms. The van der Waals surface area contributed by atoms with E-state index < -0.39 is 0 Å². The molecule has 0 unspecified atom stereocenters. The van der Waals surface area contributed by atoms with Crippen molar-refractivity contribution in [3.05, 3.63) is 6.92 Å². The van der Waals surface area contributed by atoms with E-state index in [4.69, 9.17) is 10.00 Å². The van der Waals surface area contributed by atoms with Crippen LogP contribution < -0.4 is 0 Å². The van der Waals surface area contributed by atoms with Gasteiger partial charge in [-0.1, -0.05) is 0 Å². The van der Waals surface area contributed by atoms with Crippen molar-refractivity contribution >= 4 is 0 Å². The van der Waals surface area contributed by atoms with E-state index in [-0.39, 0.29) is 0 Å². The molecule has 0 aromatic heterocycles. The summed E-state index contributed by atoms with van der Waals surface area (Å²) in [4.78, 5) is 0. The van der Waals surface area contributed by atoms with E-state index in [2.05, 4.69) is 6.92 Å². The van der Waals surface area contributed by atoms with E-state index in [9.17, 15) is 0 Å². The van der Waals surface area contributed by atoms with Gasteiger partial charge in [-0.25, -0.2) is 0 Å². The second kappa shape index (κ2) is 5.45. The maximum atomic E-state index is 7.94. The van der Waals surface area contributed by atoms with Gasteiger partial charge in [-0.15, -0.1) is 0 Å². The molecule has 0 aliphatic carbocycles. The molecule has 1 radical (unpaired) electrons. The van der Waals surface area contributed by atoms with Crippen molar-refractivity contribution in [3.8, 4) is 6.07 Å². The number of hydrogen-bond acceptors (Lipinski definition) is 2. The third-order valence-electron chi connectivity index (χ3n) is 0.503. The van der Waals surface area contributed by atoms with Crippen LogP contribution in [-0.4, -0.2) is 13.2 Å². The lowest BCUT2D eigenvalue weighted by atomic mass is 10.5. The molecule has 2 nitrogen and oxygen atoms in total. The first-order chi connectivity index (χ1) is 3.41. The van der Waals surface area contributed by atoms with Crippen molar-refractivity contribution in [2.24, 2.45) is 0 Å². The minimum atomic E-state index is 0.460. The molecule has 0 N–H and O–H groups in total. The van der Waals surface area contributed by atoms with Gasteiger partial charge in [0.05, 0.1) is 19.1 Å². The minimum absolute atomic E-state index is 0.460. The lowest BCUT2D eigenvalue weighted by Crippen LogP contribution is -1.90. The van der Waals surface area contributed by atoms with Crippen molar-refractivity contribution in [1.82, 2.24) is 0 Å². The molecule has 0 amide bonds. The quantitative estimate of drug-likeness (QED) is 0.488. The van der Waals surface area contributed by atoms with Gasteiger partial charge in [0.15, 0.2) is 0 Å². The summed E-state index contributed by atoms with van der Waals surface area (Å²) in [6.07, 6.45) is 0.468. The van der Waals surface area contributed by atoms with E-state index in [0.29, 0.717) is 19.6 Å². The lowest BCUT2D eigenvalue weighted by Gasteiger charge is -1.90. The smallest absolute Gasteiger partial charge is 0.0645 e. The monoisotopic (exact) mass is 98.1 g/mol. The Kier molecular flexibility index (Phi) is 5.02. The van der Waals surface area contributed by atoms with Crippen LogP contribution in [0.5, 0.6) is 0 Å². The van der Waals surface area contributed by atoms with Crippen LogP contribution in [0.25, 0.3) is 0 Å². The van der Waals surface area contributed by atoms with Crippen LogP contribution in [0.15, 0.2) is 0 Å². The standard InChI is InChI=1S/C5H8NO/c1-2-7-5-3-4-6/h1-3,5H2. The van der Waals surface area contributed by atoms with E-state index in [1.165, 1.54) is 0 Å². The highest BCUT2D eigenvalue weighted by Gasteiger charge is 1.77. The molecule has 0 spiro atoms. The van der Waals surface area contributed by atoms with Crippen molar-refractivity contribution in [2.45, 2.75) is 6.42 Å². The van der Waals surface area contributed by atoms with Gasteiger partial charge in [0.2, 0.25) is 0 Å². The predicted molar refractivity (Wildman–Crippen MR) is 26.4 cm³/mol. The highest BCUT2D eigenvalue weighted by atomic mass is 16.5. The van der Waals surface area contributed by atoms with Crippen molar-refractivity contribution in [3.63, 3.8) is 0 Å². The first kappa shape index (κ1) is 6.45. The van der Waals surface area contributed by atoms with Crippen LogP contribution in [0.3, 0.4) is 0 Å². The zero-order chi connectivity index (χ0) is 5.54. The molecule has 0 aliphatic rings. The van der Waals surface area contributed by atoms with Crippen molar-refractivity contribution in [2.75, 3.05) is 13.2 Å². The van der Waals surface area contributed by atoms with Gasteiger partial charge in [-0.05, 0) is 6.92 Å². The summed E-state index contributed by atoms with van der Waals surface area (Å²) in [6.45, 7) is 4.40. The average Bonchev–Trinajstić information content (AvgIpc) is 1.69. The maximum absolute atomic E-state index is 7.94.